The average molecular weight is 440 g/mol. The summed E-state index contributed by atoms with van der Waals surface area (Å²) < 4.78 is 5.98. The molecule has 0 bridgehead atoms. The Morgan fingerprint density at radius 2 is 1.90 bits per heavy atom. The van der Waals surface area contributed by atoms with Crippen LogP contribution in [0.3, 0.4) is 0 Å². The maximum absolute atomic E-state index is 12.8. The average Bonchev–Trinajstić information content (AvgIpc) is 2.68. The van der Waals surface area contributed by atoms with Crippen molar-refractivity contribution in [2.24, 2.45) is 11.7 Å². The van der Waals surface area contributed by atoms with Crippen LogP contribution in [0.1, 0.15) is 52.7 Å². The molecule has 1 fully saturated rings. The van der Waals surface area contributed by atoms with Crippen LogP contribution in [0, 0.1) is 19.8 Å². The molecule has 3 rings (SSSR count). The number of hydrogen-bond donors (Lipinski definition) is 2. The number of rotatable bonds is 6. The summed E-state index contributed by atoms with van der Waals surface area (Å²) in [5, 5.41) is 3.20. The van der Waals surface area contributed by atoms with Crippen molar-refractivity contribution in [1.82, 2.24) is 10.3 Å². The molecule has 2 aromatic rings. The largest absolute Gasteiger partial charge is 0.488 e. The van der Waals surface area contributed by atoms with Crippen LogP contribution < -0.4 is 15.8 Å². The van der Waals surface area contributed by atoms with Gasteiger partial charge in [-0.3, -0.25) is 9.78 Å². The van der Waals surface area contributed by atoms with Gasteiger partial charge in [0.05, 0.1) is 0 Å². The number of benzene rings is 1. The van der Waals surface area contributed by atoms with E-state index in [1.807, 2.05) is 38.1 Å². The lowest BCUT2D eigenvalue weighted by Crippen LogP contribution is -2.44. The molecule has 0 radical (unpaired) electrons. The van der Waals surface area contributed by atoms with Crippen molar-refractivity contribution < 1.29 is 9.53 Å². The van der Waals surface area contributed by atoms with Gasteiger partial charge < -0.3 is 15.8 Å². The number of hydrogen-bond acceptors (Lipinski definition) is 4. The molecule has 0 aliphatic heterocycles. The minimum absolute atomic E-state index is 0. The standard InChI is InChI=1S/C22H29N3O2.2ClH/c1-15-10-19(22(26)25-20-8-4-3-7-18(20)12-23)11-16(2)21(15)27-14-17-6-5-9-24-13-17;;/h5-6,9-11,13,18,20H,3-4,7-8,12,14,23H2,1-2H3,(H,25,26);2*1H. The van der Waals surface area contributed by atoms with E-state index >= 15 is 0 Å². The maximum atomic E-state index is 12.8. The normalized spacial score (nSPS) is 18.2. The summed E-state index contributed by atoms with van der Waals surface area (Å²) in [6.45, 7) is 5.04. The predicted octanol–water partition coefficient (Wildman–Crippen LogP) is 4.37. The number of halogens is 2. The van der Waals surface area contributed by atoms with Crippen LogP contribution >= 0.6 is 24.8 Å². The van der Waals surface area contributed by atoms with Crippen LogP contribution in [0.5, 0.6) is 5.75 Å². The highest BCUT2D eigenvalue weighted by atomic mass is 35.5. The number of nitrogens with two attached hydrogens (primary N) is 1. The second-order valence-electron chi connectivity index (χ2n) is 7.45. The third kappa shape index (κ3) is 6.59. The lowest BCUT2D eigenvalue weighted by Gasteiger charge is -2.31. The molecule has 1 aromatic heterocycles. The number of nitrogens with one attached hydrogen (secondary N) is 1. The molecule has 1 saturated carbocycles. The Kier molecular flexibility index (Phi) is 10.4. The maximum Gasteiger partial charge on any atom is 0.251 e. The number of amides is 1. The van der Waals surface area contributed by atoms with Gasteiger partial charge in [-0.25, -0.2) is 0 Å². The van der Waals surface area contributed by atoms with Gasteiger partial charge in [-0.1, -0.05) is 18.9 Å². The van der Waals surface area contributed by atoms with Crippen molar-refractivity contribution in [1.29, 1.82) is 0 Å². The smallest absolute Gasteiger partial charge is 0.251 e. The van der Waals surface area contributed by atoms with Crippen LogP contribution in [-0.4, -0.2) is 23.5 Å². The fraction of sp³-hybridized carbons (Fsp3) is 0.455. The molecule has 0 saturated heterocycles. The highest BCUT2D eigenvalue weighted by Gasteiger charge is 2.26. The lowest BCUT2D eigenvalue weighted by atomic mass is 9.84. The molecule has 29 heavy (non-hydrogen) atoms. The number of carbonyl (C=O) groups is 1. The van der Waals surface area contributed by atoms with Crippen molar-refractivity contribution in [3.63, 3.8) is 0 Å². The molecule has 1 aromatic carbocycles. The molecule has 3 N–H and O–H groups in total. The second-order valence-corrected chi connectivity index (χ2v) is 7.45. The number of aryl methyl sites for hydroxylation is 2. The minimum Gasteiger partial charge on any atom is -0.488 e. The van der Waals surface area contributed by atoms with Gasteiger partial charge in [-0.15, -0.1) is 24.8 Å². The zero-order chi connectivity index (χ0) is 19.2. The number of carbonyl (C=O) groups excluding carboxylic acids is 1. The molecule has 1 aliphatic rings. The Morgan fingerprint density at radius 3 is 2.52 bits per heavy atom. The van der Waals surface area contributed by atoms with Crippen molar-refractivity contribution in [2.45, 2.75) is 52.2 Å². The van der Waals surface area contributed by atoms with E-state index in [1.165, 1.54) is 6.42 Å². The molecule has 7 heteroatoms. The second kappa shape index (κ2) is 12.0. The molecule has 1 heterocycles. The first-order valence-corrected chi connectivity index (χ1v) is 9.72. The van der Waals surface area contributed by atoms with E-state index in [4.69, 9.17) is 10.5 Å². The molecule has 1 aliphatic carbocycles. The van der Waals surface area contributed by atoms with E-state index in [-0.39, 0.29) is 36.8 Å². The van der Waals surface area contributed by atoms with Crippen LogP contribution in [0.2, 0.25) is 0 Å². The minimum atomic E-state index is -0.0228. The number of pyridine rings is 1. The molecular weight excluding hydrogens is 409 g/mol. The Morgan fingerprint density at radius 1 is 1.21 bits per heavy atom. The van der Waals surface area contributed by atoms with Crippen molar-refractivity contribution >= 4 is 30.7 Å². The third-order valence-corrected chi connectivity index (χ3v) is 5.36. The fourth-order valence-corrected chi connectivity index (χ4v) is 3.88. The molecule has 1 amide bonds. The highest BCUT2D eigenvalue weighted by Crippen LogP contribution is 2.27. The Balaban J connectivity index is 0.00000210. The van der Waals surface area contributed by atoms with E-state index in [9.17, 15) is 4.79 Å². The van der Waals surface area contributed by atoms with Gasteiger partial charge in [-0.2, -0.15) is 0 Å². The van der Waals surface area contributed by atoms with Crippen LogP contribution in [0.4, 0.5) is 0 Å². The Hall–Kier alpha value is -1.82. The van der Waals surface area contributed by atoms with Gasteiger partial charge in [0.15, 0.2) is 0 Å². The predicted molar refractivity (Wildman–Crippen MR) is 121 cm³/mol. The number of ether oxygens (including phenoxy) is 1. The van der Waals surface area contributed by atoms with Gasteiger partial charge in [0, 0.05) is 29.6 Å². The highest BCUT2D eigenvalue weighted by molar-refractivity contribution is 5.95. The van der Waals surface area contributed by atoms with E-state index in [0.29, 0.717) is 24.6 Å². The van der Waals surface area contributed by atoms with Gasteiger partial charge in [0.2, 0.25) is 0 Å². The number of nitrogens with zero attached hydrogens (tertiary/aromatic N) is 1. The first-order chi connectivity index (χ1) is 13.1. The molecule has 2 atom stereocenters. The van der Waals surface area contributed by atoms with Crippen LogP contribution in [-0.2, 0) is 6.61 Å². The van der Waals surface area contributed by atoms with E-state index in [0.717, 1.165) is 41.7 Å². The Labute approximate surface area is 185 Å². The monoisotopic (exact) mass is 439 g/mol. The first kappa shape index (κ1) is 25.2. The summed E-state index contributed by atoms with van der Waals surface area (Å²) in [5.41, 5.74) is 9.51. The molecule has 0 spiro atoms. The molecule has 160 valence electrons. The summed E-state index contributed by atoms with van der Waals surface area (Å²) in [4.78, 5) is 16.9. The first-order valence-electron chi connectivity index (χ1n) is 9.72. The van der Waals surface area contributed by atoms with Gasteiger partial charge >= 0.3 is 0 Å². The summed E-state index contributed by atoms with van der Waals surface area (Å²) >= 11 is 0. The summed E-state index contributed by atoms with van der Waals surface area (Å²) in [6.07, 6.45) is 8.01. The summed E-state index contributed by atoms with van der Waals surface area (Å²) in [5.74, 6) is 1.19. The lowest BCUT2D eigenvalue weighted by molar-refractivity contribution is 0.0908. The summed E-state index contributed by atoms with van der Waals surface area (Å²) in [7, 11) is 0. The van der Waals surface area contributed by atoms with E-state index in [2.05, 4.69) is 10.3 Å². The summed E-state index contributed by atoms with van der Waals surface area (Å²) in [6, 6.07) is 7.87. The van der Waals surface area contributed by atoms with Crippen molar-refractivity contribution in [2.75, 3.05) is 6.54 Å². The number of aromatic nitrogens is 1. The molecule has 5 nitrogen and oxygen atoms in total. The van der Waals surface area contributed by atoms with E-state index in [1.54, 1.807) is 12.4 Å². The van der Waals surface area contributed by atoms with Crippen LogP contribution in [0.25, 0.3) is 0 Å². The topological polar surface area (TPSA) is 77.2 Å². The SMILES string of the molecule is Cc1cc(C(=O)NC2CCCCC2CN)cc(C)c1OCc1cccnc1.Cl.Cl. The van der Waals surface area contributed by atoms with Crippen molar-refractivity contribution in [3.05, 3.63) is 58.9 Å². The quantitative estimate of drug-likeness (QED) is 0.700. The van der Waals surface area contributed by atoms with Crippen molar-refractivity contribution in [3.8, 4) is 5.75 Å². The Bertz CT molecular complexity index is 764. The van der Waals surface area contributed by atoms with Gasteiger partial charge in [-0.05, 0) is 68.5 Å². The van der Waals surface area contributed by atoms with Gasteiger partial charge in [0.1, 0.15) is 12.4 Å². The van der Waals surface area contributed by atoms with E-state index < -0.39 is 0 Å². The molecule has 2 unspecified atom stereocenters. The third-order valence-electron chi connectivity index (χ3n) is 5.36. The fourth-order valence-electron chi connectivity index (χ4n) is 3.88. The zero-order valence-corrected chi connectivity index (χ0v) is 18.7. The molecular formula is C22H31Cl2N3O2. The van der Waals surface area contributed by atoms with Gasteiger partial charge in [0.25, 0.3) is 5.91 Å². The zero-order valence-electron chi connectivity index (χ0n) is 17.0. The van der Waals surface area contributed by atoms with Crippen LogP contribution in [0.15, 0.2) is 36.7 Å².